The van der Waals surface area contributed by atoms with Crippen LogP contribution in [0.15, 0.2) is 41.6 Å². The number of nitrogens with zero attached hydrogens (tertiary/aromatic N) is 3. The molecule has 0 unspecified atom stereocenters. The highest BCUT2D eigenvalue weighted by Crippen LogP contribution is 2.30. The van der Waals surface area contributed by atoms with E-state index in [-0.39, 0.29) is 11.7 Å². The average Bonchev–Trinajstić information content (AvgIpc) is 3.15. The molecule has 0 saturated heterocycles. The van der Waals surface area contributed by atoms with Crippen LogP contribution in [0.4, 0.5) is 5.69 Å². The van der Waals surface area contributed by atoms with Crippen LogP contribution in [0.25, 0.3) is 0 Å². The predicted octanol–water partition coefficient (Wildman–Crippen LogP) is 6.31. The molecule has 0 saturated carbocycles. The van der Waals surface area contributed by atoms with Crippen LogP contribution in [0.5, 0.6) is 5.75 Å². The number of carbonyl (C=O) groups excluding carboxylic acids is 1. The van der Waals surface area contributed by atoms with Gasteiger partial charge >= 0.3 is 0 Å². The molecule has 0 spiro atoms. The van der Waals surface area contributed by atoms with E-state index in [2.05, 4.69) is 15.5 Å². The number of hydrogen-bond acceptors (Lipinski definition) is 5. The second kappa shape index (κ2) is 11.8. The van der Waals surface area contributed by atoms with Crippen molar-refractivity contribution in [2.24, 2.45) is 0 Å². The Labute approximate surface area is 206 Å². The van der Waals surface area contributed by atoms with E-state index in [9.17, 15) is 4.79 Å². The van der Waals surface area contributed by atoms with Crippen LogP contribution in [0, 0.1) is 6.92 Å². The molecule has 0 radical (unpaired) electrons. The largest absolute Gasteiger partial charge is 0.493 e. The third kappa shape index (κ3) is 6.54. The summed E-state index contributed by atoms with van der Waals surface area (Å²) in [7, 11) is 0. The molecule has 3 rings (SSSR count). The average molecular weight is 514 g/mol. The molecule has 32 heavy (non-hydrogen) atoms. The summed E-state index contributed by atoms with van der Waals surface area (Å²) in [6.07, 6.45) is 1.51. The molecule has 170 valence electrons. The van der Waals surface area contributed by atoms with Crippen molar-refractivity contribution in [2.75, 3.05) is 17.7 Å². The highest BCUT2D eigenvalue weighted by molar-refractivity contribution is 7.99. The number of benzene rings is 2. The minimum absolute atomic E-state index is 0.165. The van der Waals surface area contributed by atoms with E-state index in [0.29, 0.717) is 39.1 Å². The summed E-state index contributed by atoms with van der Waals surface area (Å²) in [4.78, 5) is 12.4. The number of halogens is 3. The molecule has 6 nitrogen and oxygen atoms in total. The zero-order chi connectivity index (χ0) is 23.1. The van der Waals surface area contributed by atoms with E-state index in [1.807, 2.05) is 36.6 Å². The number of aryl methyl sites for hydroxylation is 2. The van der Waals surface area contributed by atoms with E-state index >= 15 is 0 Å². The van der Waals surface area contributed by atoms with Gasteiger partial charge in [0.2, 0.25) is 5.91 Å². The van der Waals surface area contributed by atoms with Crippen LogP contribution >= 0.6 is 46.6 Å². The molecule has 3 aromatic rings. The van der Waals surface area contributed by atoms with E-state index in [1.54, 1.807) is 18.2 Å². The van der Waals surface area contributed by atoms with Crippen molar-refractivity contribution in [3.8, 4) is 5.75 Å². The fourth-order valence-electron chi connectivity index (χ4n) is 3.04. The lowest BCUT2D eigenvalue weighted by Gasteiger charge is -2.10. The topological polar surface area (TPSA) is 69.0 Å². The van der Waals surface area contributed by atoms with Crippen molar-refractivity contribution in [1.29, 1.82) is 0 Å². The molecular weight excluding hydrogens is 491 g/mol. The smallest absolute Gasteiger partial charge is 0.234 e. The van der Waals surface area contributed by atoms with E-state index in [1.165, 1.54) is 11.8 Å². The molecule has 2 aromatic carbocycles. The van der Waals surface area contributed by atoms with Gasteiger partial charge in [0.1, 0.15) is 11.6 Å². The Morgan fingerprint density at radius 2 is 1.91 bits per heavy atom. The summed E-state index contributed by atoms with van der Waals surface area (Å²) in [5.41, 5.74) is 1.42. The fraction of sp³-hybridized carbons (Fsp3) is 0.318. The molecule has 0 fully saturated rings. The zero-order valence-electron chi connectivity index (χ0n) is 17.7. The molecule has 1 N–H and O–H groups in total. The number of ether oxygens (including phenoxy) is 1. The zero-order valence-corrected chi connectivity index (χ0v) is 20.8. The van der Waals surface area contributed by atoms with Crippen LogP contribution in [-0.2, 0) is 17.8 Å². The molecule has 10 heteroatoms. The summed E-state index contributed by atoms with van der Waals surface area (Å²) >= 11 is 19.5. The quantitative estimate of drug-likeness (QED) is 0.254. The molecular formula is C22H23Cl3N4O2S. The van der Waals surface area contributed by atoms with E-state index < -0.39 is 0 Å². The van der Waals surface area contributed by atoms with Gasteiger partial charge in [-0.3, -0.25) is 4.79 Å². The Bertz CT molecular complexity index is 1070. The molecule has 0 aliphatic carbocycles. The second-order valence-corrected chi connectivity index (χ2v) is 9.13. The molecule has 0 aliphatic rings. The van der Waals surface area contributed by atoms with Crippen molar-refractivity contribution >= 4 is 58.2 Å². The highest BCUT2D eigenvalue weighted by Gasteiger charge is 2.15. The molecule has 0 bridgehead atoms. The summed E-state index contributed by atoms with van der Waals surface area (Å²) in [6, 6.07) is 10.6. The summed E-state index contributed by atoms with van der Waals surface area (Å²) < 4.78 is 7.86. The number of hydrogen-bond donors (Lipinski definition) is 1. The van der Waals surface area contributed by atoms with E-state index in [0.717, 1.165) is 30.0 Å². The number of thioether (sulfide) groups is 1. The number of para-hydroxylation sites is 1. The molecule has 0 aliphatic heterocycles. The van der Waals surface area contributed by atoms with Crippen molar-refractivity contribution in [1.82, 2.24) is 14.8 Å². The van der Waals surface area contributed by atoms with Crippen molar-refractivity contribution in [3.05, 3.63) is 62.9 Å². The predicted molar refractivity (Wildman–Crippen MR) is 132 cm³/mol. The SMILES string of the molecule is CCn1c(CCCOc2ccc(Cl)cc2C)nnc1SCC(=O)Nc1c(Cl)cccc1Cl. The number of rotatable bonds is 10. The van der Waals surface area contributed by atoms with Gasteiger partial charge in [0.15, 0.2) is 5.16 Å². The number of aromatic nitrogens is 3. The van der Waals surface area contributed by atoms with Crippen LogP contribution in [-0.4, -0.2) is 33.0 Å². The lowest BCUT2D eigenvalue weighted by molar-refractivity contribution is -0.113. The summed E-state index contributed by atoms with van der Waals surface area (Å²) in [6.45, 7) is 5.25. The first-order valence-electron chi connectivity index (χ1n) is 10.1. The summed E-state index contributed by atoms with van der Waals surface area (Å²) in [5.74, 6) is 1.63. The third-order valence-corrected chi connectivity index (χ3v) is 6.44. The van der Waals surface area contributed by atoms with Gasteiger partial charge in [-0.2, -0.15) is 0 Å². The number of nitrogens with one attached hydrogen (secondary N) is 1. The first kappa shape index (κ1) is 24.7. The molecule has 1 heterocycles. The standard InChI is InChI=1S/C22H23Cl3N4O2S/c1-3-29-19(8-5-11-31-18-10-9-15(23)12-14(18)2)27-28-22(29)32-13-20(30)26-21-16(24)6-4-7-17(21)25/h4,6-7,9-10,12H,3,5,8,11,13H2,1-2H3,(H,26,30). The van der Waals surface area contributed by atoms with Crippen LogP contribution in [0.1, 0.15) is 24.7 Å². The Morgan fingerprint density at radius 1 is 1.16 bits per heavy atom. The fourth-order valence-corrected chi connectivity index (χ4v) is 4.58. The number of anilines is 1. The van der Waals surface area contributed by atoms with Gasteiger partial charge < -0.3 is 14.6 Å². The Balaban J connectivity index is 1.51. The Morgan fingerprint density at radius 3 is 2.59 bits per heavy atom. The normalized spacial score (nSPS) is 10.9. The second-order valence-electron chi connectivity index (χ2n) is 6.94. The number of carbonyl (C=O) groups is 1. The van der Waals surface area contributed by atoms with Crippen LogP contribution in [0.3, 0.4) is 0 Å². The van der Waals surface area contributed by atoms with Crippen molar-refractivity contribution < 1.29 is 9.53 Å². The lowest BCUT2D eigenvalue weighted by Crippen LogP contribution is -2.15. The minimum Gasteiger partial charge on any atom is -0.493 e. The van der Waals surface area contributed by atoms with Gasteiger partial charge in [-0.1, -0.05) is 52.6 Å². The molecule has 1 amide bonds. The third-order valence-electron chi connectivity index (χ3n) is 4.61. The van der Waals surface area contributed by atoms with E-state index in [4.69, 9.17) is 39.5 Å². The maximum Gasteiger partial charge on any atom is 0.234 e. The lowest BCUT2D eigenvalue weighted by atomic mass is 10.2. The van der Waals surface area contributed by atoms with Crippen LogP contribution in [0.2, 0.25) is 15.1 Å². The van der Waals surface area contributed by atoms with Crippen molar-refractivity contribution in [2.45, 2.75) is 38.4 Å². The first-order valence-corrected chi connectivity index (χ1v) is 12.2. The Hall–Kier alpha value is -1.93. The highest BCUT2D eigenvalue weighted by atomic mass is 35.5. The van der Waals surface area contributed by atoms with Gasteiger partial charge in [0.05, 0.1) is 28.1 Å². The Kier molecular flexibility index (Phi) is 9.11. The van der Waals surface area contributed by atoms with Crippen molar-refractivity contribution in [3.63, 3.8) is 0 Å². The van der Waals surface area contributed by atoms with Gasteiger partial charge in [0.25, 0.3) is 0 Å². The minimum atomic E-state index is -0.219. The molecule has 0 atom stereocenters. The molecule has 1 aromatic heterocycles. The summed E-state index contributed by atoms with van der Waals surface area (Å²) in [5, 5.41) is 13.5. The monoisotopic (exact) mass is 512 g/mol. The maximum atomic E-state index is 12.4. The van der Waals surface area contributed by atoms with Gasteiger partial charge in [0, 0.05) is 18.0 Å². The first-order chi connectivity index (χ1) is 15.4. The number of amides is 1. The van der Waals surface area contributed by atoms with Gasteiger partial charge in [-0.25, -0.2) is 0 Å². The van der Waals surface area contributed by atoms with Gasteiger partial charge in [-0.15, -0.1) is 10.2 Å². The maximum absolute atomic E-state index is 12.4. The van der Waals surface area contributed by atoms with Crippen LogP contribution < -0.4 is 10.1 Å². The van der Waals surface area contributed by atoms with Gasteiger partial charge in [-0.05, 0) is 56.2 Å².